The molecular formula is C21H20BFN4O2S. The van der Waals surface area contributed by atoms with Gasteiger partial charge in [-0.05, 0) is 35.4 Å². The molecule has 0 aliphatic carbocycles. The van der Waals surface area contributed by atoms with Gasteiger partial charge in [0, 0.05) is 23.6 Å². The van der Waals surface area contributed by atoms with E-state index >= 15 is 0 Å². The number of benzene rings is 2. The number of nitrogens with zero attached hydrogens (tertiary/aromatic N) is 2. The largest absolute Gasteiger partial charge is 0.326 e. The molecular weight excluding hydrogens is 402 g/mol. The highest BCUT2D eigenvalue weighted by Crippen LogP contribution is 2.28. The van der Waals surface area contributed by atoms with E-state index in [0.717, 1.165) is 10.5 Å². The quantitative estimate of drug-likeness (QED) is 0.451. The summed E-state index contributed by atoms with van der Waals surface area (Å²) in [6.07, 6.45) is 0.580. The fourth-order valence-electron chi connectivity index (χ4n) is 2.66. The van der Waals surface area contributed by atoms with Crippen molar-refractivity contribution in [3.8, 4) is 0 Å². The van der Waals surface area contributed by atoms with Gasteiger partial charge in [0.25, 0.3) is 0 Å². The van der Waals surface area contributed by atoms with Gasteiger partial charge in [0.15, 0.2) is 7.85 Å². The topological polar surface area (TPSA) is 84.0 Å². The Kier molecular flexibility index (Phi) is 7.19. The van der Waals surface area contributed by atoms with Crippen LogP contribution in [-0.2, 0) is 16.0 Å². The van der Waals surface area contributed by atoms with Crippen molar-refractivity contribution >= 4 is 42.9 Å². The van der Waals surface area contributed by atoms with Crippen LogP contribution < -0.4 is 10.6 Å². The number of halogens is 1. The molecule has 1 heterocycles. The molecule has 0 radical (unpaired) electrons. The Labute approximate surface area is 179 Å². The maximum absolute atomic E-state index is 13.3. The number of hydrogen-bond acceptors (Lipinski definition) is 5. The number of alkyl halides is 1. The summed E-state index contributed by atoms with van der Waals surface area (Å²) in [6, 6.07) is 16.0. The van der Waals surface area contributed by atoms with E-state index in [0.29, 0.717) is 22.1 Å². The van der Waals surface area contributed by atoms with E-state index < -0.39 is 6.07 Å². The van der Waals surface area contributed by atoms with Crippen LogP contribution in [0.25, 0.3) is 0 Å². The van der Waals surface area contributed by atoms with Crippen LogP contribution in [0.5, 0.6) is 0 Å². The molecule has 3 rings (SSSR count). The number of nitrogens with one attached hydrogen (secondary N) is 2. The zero-order valence-electron chi connectivity index (χ0n) is 16.6. The summed E-state index contributed by atoms with van der Waals surface area (Å²) in [7, 11) is 1.48. The first-order valence-corrected chi connectivity index (χ1v) is 10.1. The summed E-state index contributed by atoms with van der Waals surface area (Å²) in [4.78, 5) is 32.5. The number of anilines is 2. The Hall–Kier alpha value is -3.20. The first kappa shape index (κ1) is 21.5. The van der Waals surface area contributed by atoms with Crippen molar-refractivity contribution in [2.45, 2.75) is 29.3 Å². The van der Waals surface area contributed by atoms with Crippen LogP contribution in [0.3, 0.4) is 0 Å². The standard InChI is InChI=1S/C21H20BFN4O2S/c1-13(28)26-18-11-20(25-12-24-18)30-17-8-6-16(7-9-17)27-19(29)10-14-2-4-15(5-3-14)21(22)23/h2-9,11-12,21H,10,22H2,1H3,(H,27,29)(H,24,25,26,28). The van der Waals surface area contributed by atoms with Gasteiger partial charge in [-0.3, -0.25) is 14.0 Å². The molecule has 2 N–H and O–H groups in total. The molecule has 0 saturated carbocycles. The molecule has 2 amide bonds. The highest BCUT2D eigenvalue weighted by molar-refractivity contribution is 7.99. The van der Waals surface area contributed by atoms with Gasteiger partial charge in [-0.15, -0.1) is 0 Å². The number of carbonyl (C=O) groups excluding carboxylic acids is 2. The second-order valence-corrected chi connectivity index (χ2v) is 7.73. The molecule has 0 fully saturated rings. The average molecular weight is 422 g/mol. The number of carbonyl (C=O) groups is 2. The van der Waals surface area contributed by atoms with Crippen molar-refractivity contribution in [1.82, 2.24) is 9.97 Å². The zero-order chi connectivity index (χ0) is 21.5. The van der Waals surface area contributed by atoms with E-state index in [1.54, 1.807) is 30.3 Å². The molecule has 9 heteroatoms. The van der Waals surface area contributed by atoms with Gasteiger partial charge in [0.05, 0.1) is 12.5 Å². The maximum atomic E-state index is 13.3. The number of hydrogen-bond donors (Lipinski definition) is 2. The lowest BCUT2D eigenvalue weighted by Gasteiger charge is -2.08. The summed E-state index contributed by atoms with van der Waals surface area (Å²) >= 11 is 1.42. The molecule has 0 spiro atoms. The lowest BCUT2D eigenvalue weighted by molar-refractivity contribution is -0.116. The lowest BCUT2D eigenvalue weighted by atomic mass is 9.93. The van der Waals surface area contributed by atoms with E-state index in [-0.39, 0.29) is 18.2 Å². The summed E-state index contributed by atoms with van der Waals surface area (Å²) in [5.41, 5.74) is 2.10. The van der Waals surface area contributed by atoms with Gasteiger partial charge in [-0.1, -0.05) is 36.0 Å². The van der Waals surface area contributed by atoms with Crippen LogP contribution in [0, 0.1) is 0 Å². The van der Waals surface area contributed by atoms with E-state index in [2.05, 4.69) is 20.6 Å². The van der Waals surface area contributed by atoms with Crippen LogP contribution in [0.15, 0.2) is 70.8 Å². The Morgan fingerprint density at radius 3 is 2.40 bits per heavy atom. The highest BCUT2D eigenvalue weighted by Gasteiger charge is 2.08. The van der Waals surface area contributed by atoms with Crippen LogP contribution in [-0.4, -0.2) is 29.6 Å². The third-order valence-electron chi connectivity index (χ3n) is 4.11. The minimum Gasteiger partial charge on any atom is -0.326 e. The first-order valence-electron chi connectivity index (χ1n) is 9.29. The first-order chi connectivity index (χ1) is 14.4. The van der Waals surface area contributed by atoms with Crippen LogP contribution >= 0.6 is 11.8 Å². The molecule has 152 valence electrons. The van der Waals surface area contributed by atoms with Crippen molar-refractivity contribution in [3.63, 3.8) is 0 Å². The molecule has 30 heavy (non-hydrogen) atoms. The average Bonchev–Trinajstić information content (AvgIpc) is 2.69. The van der Waals surface area contributed by atoms with Gasteiger partial charge >= 0.3 is 0 Å². The highest BCUT2D eigenvalue weighted by atomic mass is 32.2. The van der Waals surface area contributed by atoms with E-state index in [9.17, 15) is 14.0 Å². The SMILES string of the molecule is BC(F)c1ccc(CC(=O)Nc2ccc(Sc3cc(NC(C)=O)ncn3)cc2)cc1. The maximum Gasteiger partial charge on any atom is 0.228 e. The molecule has 0 saturated heterocycles. The molecule has 0 bridgehead atoms. The molecule has 1 atom stereocenters. The van der Waals surface area contributed by atoms with Crippen molar-refractivity contribution in [2.24, 2.45) is 0 Å². The van der Waals surface area contributed by atoms with Crippen molar-refractivity contribution in [1.29, 1.82) is 0 Å². The summed E-state index contributed by atoms with van der Waals surface area (Å²) in [6.45, 7) is 1.42. The predicted molar refractivity (Wildman–Crippen MR) is 118 cm³/mol. The summed E-state index contributed by atoms with van der Waals surface area (Å²) < 4.78 is 13.3. The predicted octanol–water partition coefficient (Wildman–Crippen LogP) is 3.37. The summed E-state index contributed by atoms with van der Waals surface area (Å²) in [5.74, 6) is 0.0998. The normalized spacial score (nSPS) is 11.5. The Morgan fingerprint density at radius 2 is 1.77 bits per heavy atom. The molecule has 0 aliphatic rings. The Bertz CT molecular complexity index is 1030. The number of amides is 2. The minimum absolute atomic E-state index is 0.146. The molecule has 2 aromatic carbocycles. The molecule has 3 aromatic rings. The summed E-state index contributed by atoms with van der Waals surface area (Å²) in [5, 5.41) is 6.17. The van der Waals surface area contributed by atoms with Gasteiger partial charge in [-0.2, -0.15) is 0 Å². The van der Waals surface area contributed by atoms with Gasteiger partial charge in [-0.25, -0.2) is 9.97 Å². The molecule has 1 unspecified atom stereocenters. The van der Waals surface area contributed by atoms with Crippen LogP contribution in [0.2, 0.25) is 0 Å². The molecule has 1 aromatic heterocycles. The third kappa shape index (κ3) is 6.42. The Balaban J connectivity index is 1.56. The van der Waals surface area contributed by atoms with Gasteiger partial charge in [0.1, 0.15) is 17.2 Å². The minimum atomic E-state index is -1.02. The van der Waals surface area contributed by atoms with E-state index in [4.69, 9.17) is 0 Å². The van der Waals surface area contributed by atoms with Crippen molar-refractivity contribution < 1.29 is 14.0 Å². The van der Waals surface area contributed by atoms with Crippen molar-refractivity contribution in [3.05, 3.63) is 72.1 Å². The zero-order valence-corrected chi connectivity index (χ0v) is 17.4. The third-order valence-corrected chi connectivity index (χ3v) is 5.05. The fourth-order valence-corrected chi connectivity index (χ4v) is 3.45. The van der Waals surface area contributed by atoms with Gasteiger partial charge in [0.2, 0.25) is 11.8 Å². The fraction of sp³-hybridized carbons (Fsp3) is 0.143. The van der Waals surface area contributed by atoms with E-state index in [1.807, 2.05) is 24.3 Å². The Morgan fingerprint density at radius 1 is 1.07 bits per heavy atom. The molecule has 6 nitrogen and oxygen atoms in total. The van der Waals surface area contributed by atoms with Crippen LogP contribution in [0.4, 0.5) is 15.9 Å². The van der Waals surface area contributed by atoms with Crippen LogP contribution in [0.1, 0.15) is 24.1 Å². The van der Waals surface area contributed by atoms with Gasteiger partial charge < -0.3 is 10.6 Å². The second kappa shape index (κ2) is 10.0. The van der Waals surface area contributed by atoms with E-state index in [1.165, 1.54) is 32.9 Å². The molecule has 0 aliphatic heterocycles. The van der Waals surface area contributed by atoms with Crippen molar-refractivity contribution in [2.75, 3.05) is 10.6 Å². The second-order valence-electron chi connectivity index (χ2n) is 6.63. The number of rotatable bonds is 7. The smallest absolute Gasteiger partial charge is 0.228 e. The lowest BCUT2D eigenvalue weighted by Crippen LogP contribution is -2.14. The monoisotopic (exact) mass is 422 g/mol. The number of aromatic nitrogens is 2.